The van der Waals surface area contributed by atoms with Gasteiger partial charge in [0.2, 0.25) is 0 Å². The summed E-state index contributed by atoms with van der Waals surface area (Å²) in [5, 5.41) is 13.3. The summed E-state index contributed by atoms with van der Waals surface area (Å²) >= 11 is 5.77. The number of carbonyl (C=O) groups excluding carboxylic acids is 1. The summed E-state index contributed by atoms with van der Waals surface area (Å²) in [7, 11) is 0. The maximum atomic E-state index is 11.9. The first-order chi connectivity index (χ1) is 10.1. The van der Waals surface area contributed by atoms with Crippen LogP contribution in [0.2, 0.25) is 5.02 Å². The molecule has 0 spiro atoms. The maximum Gasteiger partial charge on any atom is 0.287 e. The molecule has 0 atom stereocenters. The number of nitro benzene ring substituents is 1. The third-order valence-corrected chi connectivity index (χ3v) is 3.13. The molecule has 1 N–H and O–H groups in total. The van der Waals surface area contributed by atoms with Crippen LogP contribution in [0.1, 0.15) is 15.9 Å². The first kappa shape index (κ1) is 14.9. The van der Waals surface area contributed by atoms with Gasteiger partial charge in [-0.2, -0.15) is 0 Å². The number of halogens is 1. The van der Waals surface area contributed by atoms with Gasteiger partial charge in [-0.3, -0.25) is 19.9 Å². The Morgan fingerprint density at radius 2 is 2.19 bits per heavy atom. The van der Waals surface area contributed by atoms with Crippen LogP contribution >= 0.6 is 11.6 Å². The minimum absolute atomic E-state index is 0.0556. The van der Waals surface area contributed by atoms with Gasteiger partial charge in [0.25, 0.3) is 11.6 Å². The SMILES string of the molecule is O=C(NCCc1cccnc1)c1ccc([N+](=O)[O-])c(Cl)c1. The van der Waals surface area contributed by atoms with Gasteiger partial charge in [0.1, 0.15) is 5.02 Å². The Morgan fingerprint density at radius 1 is 1.38 bits per heavy atom. The van der Waals surface area contributed by atoms with Crippen LogP contribution in [0.3, 0.4) is 0 Å². The minimum atomic E-state index is -0.591. The van der Waals surface area contributed by atoms with E-state index in [1.807, 2.05) is 12.1 Å². The van der Waals surface area contributed by atoms with Gasteiger partial charge in [0.15, 0.2) is 0 Å². The van der Waals surface area contributed by atoms with Crippen LogP contribution in [0.4, 0.5) is 5.69 Å². The van der Waals surface area contributed by atoms with Crippen LogP contribution in [0.5, 0.6) is 0 Å². The predicted octanol–water partition coefficient (Wildman–Crippen LogP) is 2.62. The molecule has 0 aliphatic rings. The van der Waals surface area contributed by atoms with Crippen LogP contribution in [-0.4, -0.2) is 22.4 Å². The van der Waals surface area contributed by atoms with Crippen LogP contribution in [0, 0.1) is 10.1 Å². The Balaban J connectivity index is 1.94. The molecule has 2 rings (SSSR count). The highest BCUT2D eigenvalue weighted by Gasteiger charge is 2.14. The molecule has 7 heteroatoms. The molecule has 108 valence electrons. The molecule has 1 heterocycles. The zero-order chi connectivity index (χ0) is 15.2. The lowest BCUT2D eigenvalue weighted by Crippen LogP contribution is -2.25. The van der Waals surface area contributed by atoms with Crippen LogP contribution in [0.15, 0.2) is 42.7 Å². The van der Waals surface area contributed by atoms with E-state index in [2.05, 4.69) is 10.3 Å². The largest absolute Gasteiger partial charge is 0.352 e. The Hall–Kier alpha value is -2.47. The smallest absolute Gasteiger partial charge is 0.287 e. The van der Waals surface area contributed by atoms with E-state index in [1.54, 1.807) is 12.4 Å². The molecule has 21 heavy (non-hydrogen) atoms. The fourth-order valence-electron chi connectivity index (χ4n) is 1.76. The van der Waals surface area contributed by atoms with E-state index in [0.29, 0.717) is 13.0 Å². The molecule has 2 aromatic rings. The summed E-state index contributed by atoms with van der Waals surface area (Å²) in [6, 6.07) is 7.63. The average molecular weight is 306 g/mol. The molecule has 1 amide bonds. The van der Waals surface area contributed by atoms with Crippen molar-refractivity contribution in [2.24, 2.45) is 0 Å². The van der Waals surface area contributed by atoms with Gasteiger partial charge in [-0.1, -0.05) is 17.7 Å². The summed E-state index contributed by atoms with van der Waals surface area (Å²) in [6.45, 7) is 0.444. The number of aromatic nitrogens is 1. The normalized spacial score (nSPS) is 10.1. The molecule has 0 unspecified atom stereocenters. The molecule has 0 saturated heterocycles. The van der Waals surface area contributed by atoms with Crippen molar-refractivity contribution in [1.82, 2.24) is 10.3 Å². The summed E-state index contributed by atoms with van der Waals surface area (Å²) in [4.78, 5) is 26.0. The molecule has 0 saturated carbocycles. The van der Waals surface area contributed by atoms with Crippen LogP contribution in [0.25, 0.3) is 0 Å². The van der Waals surface area contributed by atoms with Crippen molar-refractivity contribution in [2.45, 2.75) is 6.42 Å². The maximum absolute atomic E-state index is 11.9. The number of carbonyl (C=O) groups is 1. The fourth-order valence-corrected chi connectivity index (χ4v) is 2.01. The van der Waals surface area contributed by atoms with E-state index in [-0.39, 0.29) is 22.2 Å². The van der Waals surface area contributed by atoms with Crippen molar-refractivity contribution in [3.8, 4) is 0 Å². The summed E-state index contributed by atoms with van der Waals surface area (Å²) in [5.74, 6) is -0.323. The van der Waals surface area contributed by atoms with E-state index >= 15 is 0 Å². The van der Waals surface area contributed by atoms with Crippen molar-refractivity contribution in [3.05, 3.63) is 69.0 Å². The number of hydrogen-bond donors (Lipinski definition) is 1. The topological polar surface area (TPSA) is 85.1 Å². The van der Waals surface area contributed by atoms with Gasteiger partial charge in [-0.05, 0) is 30.2 Å². The molecular weight excluding hydrogens is 294 g/mol. The lowest BCUT2D eigenvalue weighted by molar-refractivity contribution is -0.384. The van der Waals surface area contributed by atoms with E-state index < -0.39 is 4.92 Å². The van der Waals surface area contributed by atoms with Gasteiger partial charge in [0.05, 0.1) is 4.92 Å². The van der Waals surface area contributed by atoms with Crippen molar-refractivity contribution in [3.63, 3.8) is 0 Å². The van der Waals surface area contributed by atoms with Crippen LogP contribution in [-0.2, 0) is 6.42 Å². The number of benzene rings is 1. The van der Waals surface area contributed by atoms with Crippen molar-refractivity contribution >= 4 is 23.2 Å². The van der Waals surface area contributed by atoms with Gasteiger partial charge >= 0.3 is 0 Å². The van der Waals surface area contributed by atoms with E-state index in [9.17, 15) is 14.9 Å². The zero-order valence-electron chi connectivity index (χ0n) is 11.0. The monoisotopic (exact) mass is 305 g/mol. The summed E-state index contributed by atoms with van der Waals surface area (Å²) in [5.41, 5.74) is 1.08. The number of nitrogens with zero attached hydrogens (tertiary/aromatic N) is 2. The molecular formula is C14H12ClN3O3. The number of nitrogens with one attached hydrogen (secondary N) is 1. The van der Waals surface area contributed by atoms with Crippen LogP contribution < -0.4 is 5.32 Å². The first-order valence-corrected chi connectivity index (χ1v) is 6.57. The second-order valence-electron chi connectivity index (χ2n) is 4.29. The van der Waals surface area contributed by atoms with Gasteiger partial charge in [-0.25, -0.2) is 0 Å². The Kier molecular flexibility index (Phi) is 4.84. The highest BCUT2D eigenvalue weighted by atomic mass is 35.5. The number of rotatable bonds is 5. The number of nitro groups is 1. The number of pyridine rings is 1. The fraction of sp³-hybridized carbons (Fsp3) is 0.143. The third kappa shape index (κ3) is 4.00. The van der Waals surface area contributed by atoms with E-state index in [1.165, 1.54) is 18.2 Å². The van der Waals surface area contributed by atoms with Gasteiger partial charge in [-0.15, -0.1) is 0 Å². The molecule has 0 aliphatic heterocycles. The van der Waals surface area contributed by atoms with Crippen molar-refractivity contribution < 1.29 is 9.72 Å². The Labute approximate surface area is 125 Å². The summed E-state index contributed by atoms with van der Waals surface area (Å²) in [6.07, 6.45) is 4.07. The average Bonchev–Trinajstić information content (AvgIpc) is 2.47. The highest BCUT2D eigenvalue weighted by molar-refractivity contribution is 6.33. The van der Waals surface area contributed by atoms with Crippen molar-refractivity contribution in [2.75, 3.05) is 6.54 Å². The number of amides is 1. The van der Waals surface area contributed by atoms with Crippen molar-refractivity contribution in [1.29, 1.82) is 0 Å². The van der Waals surface area contributed by atoms with E-state index in [0.717, 1.165) is 5.56 Å². The molecule has 6 nitrogen and oxygen atoms in total. The lowest BCUT2D eigenvalue weighted by Gasteiger charge is -2.05. The molecule has 1 aromatic heterocycles. The van der Waals surface area contributed by atoms with E-state index in [4.69, 9.17) is 11.6 Å². The lowest BCUT2D eigenvalue weighted by atomic mass is 10.2. The molecule has 0 radical (unpaired) electrons. The molecule has 0 fully saturated rings. The third-order valence-electron chi connectivity index (χ3n) is 2.83. The Bertz CT molecular complexity index is 662. The minimum Gasteiger partial charge on any atom is -0.352 e. The first-order valence-electron chi connectivity index (χ1n) is 6.19. The predicted molar refractivity (Wildman–Crippen MR) is 78.4 cm³/mol. The second-order valence-corrected chi connectivity index (χ2v) is 4.70. The Morgan fingerprint density at radius 3 is 2.81 bits per heavy atom. The number of hydrogen-bond acceptors (Lipinski definition) is 4. The second kappa shape index (κ2) is 6.81. The zero-order valence-corrected chi connectivity index (χ0v) is 11.7. The molecule has 0 aliphatic carbocycles. The molecule has 1 aromatic carbocycles. The van der Waals surface area contributed by atoms with Gasteiger partial charge < -0.3 is 5.32 Å². The van der Waals surface area contributed by atoms with Gasteiger partial charge in [0, 0.05) is 30.6 Å². The highest BCUT2D eigenvalue weighted by Crippen LogP contribution is 2.24. The summed E-state index contributed by atoms with van der Waals surface area (Å²) < 4.78 is 0. The quantitative estimate of drug-likeness (QED) is 0.679. The standard InChI is InChI=1S/C14H12ClN3O3/c15-12-8-11(3-4-13(12)18(20)21)14(19)17-7-5-10-2-1-6-16-9-10/h1-4,6,8-9H,5,7H2,(H,17,19). The molecule has 0 bridgehead atoms.